The van der Waals surface area contributed by atoms with Crippen molar-refractivity contribution in [2.45, 2.75) is 18.9 Å². The average molecular weight is 148 g/mol. The monoisotopic (exact) mass is 148 g/mol. The first-order chi connectivity index (χ1) is 5.34. The number of hydrogen-bond donors (Lipinski definition) is 1. The van der Waals surface area contributed by atoms with E-state index in [1.165, 1.54) is 5.56 Å². The zero-order valence-corrected chi connectivity index (χ0v) is 6.66. The summed E-state index contributed by atoms with van der Waals surface area (Å²) in [7, 11) is 0. The molecule has 1 aromatic carbocycles. The summed E-state index contributed by atoms with van der Waals surface area (Å²) in [6, 6.07) is 10.3. The Kier molecular flexibility index (Phi) is 3.12. The van der Waals surface area contributed by atoms with E-state index in [-0.39, 0.29) is 6.04 Å². The van der Waals surface area contributed by atoms with E-state index >= 15 is 0 Å². The van der Waals surface area contributed by atoms with Crippen LogP contribution in [0.3, 0.4) is 0 Å². The van der Waals surface area contributed by atoms with Gasteiger partial charge in [-0.1, -0.05) is 43.7 Å². The minimum absolute atomic E-state index is 0.161. The zero-order chi connectivity index (χ0) is 8.10. The van der Waals surface area contributed by atoms with Crippen LogP contribution in [-0.2, 0) is 0 Å². The summed E-state index contributed by atoms with van der Waals surface area (Å²) in [5.74, 6) is 0. The fourth-order valence-corrected chi connectivity index (χ4v) is 1.09. The van der Waals surface area contributed by atoms with Gasteiger partial charge in [0.1, 0.15) is 0 Å². The van der Waals surface area contributed by atoms with Gasteiger partial charge in [0, 0.05) is 6.04 Å². The molecule has 0 amide bonds. The Balaban J connectivity index is 2.61. The van der Waals surface area contributed by atoms with Crippen LogP contribution in [0.4, 0.5) is 0 Å². The van der Waals surface area contributed by atoms with Crippen molar-refractivity contribution in [3.63, 3.8) is 0 Å². The molecule has 1 atom stereocenters. The highest BCUT2D eigenvalue weighted by molar-refractivity contribution is 5.18. The Morgan fingerprint density at radius 2 is 1.91 bits per heavy atom. The highest BCUT2D eigenvalue weighted by Gasteiger charge is 2.01. The topological polar surface area (TPSA) is 26.0 Å². The summed E-state index contributed by atoms with van der Waals surface area (Å²) >= 11 is 0. The van der Waals surface area contributed by atoms with Gasteiger partial charge in [-0.05, 0) is 12.0 Å². The third kappa shape index (κ3) is 2.35. The molecule has 59 valence electrons. The zero-order valence-electron chi connectivity index (χ0n) is 6.66. The SMILES string of the molecule is [CH2]CCC(N)c1ccccc1. The number of benzene rings is 1. The molecule has 0 heterocycles. The summed E-state index contributed by atoms with van der Waals surface area (Å²) in [5, 5.41) is 0. The molecule has 0 bridgehead atoms. The molecule has 0 saturated heterocycles. The molecular weight excluding hydrogens is 134 g/mol. The van der Waals surface area contributed by atoms with E-state index in [9.17, 15) is 0 Å². The minimum atomic E-state index is 0.161. The summed E-state index contributed by atoms with van der Waals surface area (Å²) in [5.41, 5.74) is 7.07. The Bertz CT molecular complexity index is 193. The summed E-state index contributed by atoms with van der Waals surface area (Å²) in [6.45, 7) is 3.77. The van der Waals surface area contributed by atoms with Gasteiger partial charge in [0.2, 0.25) is 0 Å². The van der Waals surface area contributed by atoms with Crippen LogP contribution in [0.25, 0.3) is 0 Å². The first-order valence-electron chi connectivity index (χ1n) is 3.94. The number of nitrogens with two attached hydrogens (primary N) is 1. The van der Waals surface area contributed by atoms with Gasteiger partial charge in [0.25, 0.3) is 0 Å². The maximum Gasteiger partial charge on any atom is 0.0294 e. The second-order valence-corrected chi connectivity index (χ2v) is 2.66. The van der Waals surface area contributed by atoms with Gasteiger partial charge in [-0.25, -0.2) is 0 Å². The van der Waals surface area contributed by atoms with Crippen molar-refractivity contribution in [1.29, 1.82) is 0 Å². The van der Waals surface area contributed by atoms with E-state index < -0.39 is 0 Å². The largest absolute Gasteiger partial charge is 0.324 e. The molecule has 1 unspecified atom stereocenters. The molecule has 0 fully saturated rings. The predicted molar refractivity (Wildman–Crippen MR) is 48.0 cm³/mol. The van der Waals surface area contributed by atoms with E-state index in [1.54, 1.807) is 0 Å². The number of hydrogen-bond acceptors (Lipinski definition) is 1. The van der Waals surface area contributed by atoms with Gasteiger partial charge in [-0.2, -0.15) is 0 Å². The van der Waals surface area contributed by atoms with Gasteiger partial charge >= 0.3 is 0 Å². The molecule has 0 spiro atoms. The van der Waals surface area contributed by atoms with Crippen molar-refractivity contribution in [3.8, 4) is 0 Å². The lowest BCUT2D eigenvalue weighted by Crippen LogP contribution is -2.09. The van der Waals surface area contributed by atoms with Crippen LogP contribution >= 0.6 is 0 Å². The van der Waals surface area contributed by atoms with Crippen molar-refractivity contribution in [2.75, 3.05) is 0 Å². The molecule has 0 aliphatic rings. The summed E-state index contributed by atoms with van der Waals surface area (Å²) in [4.78, 5) is 0. The first-order valence-corrected chi connectivity index (χ1v) is 3.94. The highest BCUT2D eigenvalue weighted by atomic mass is 14.6. The Morgan fingerprint density at radius 3 is 2.45 bits per heavy atom. The first kappa shape index (κ1) is 8.28. The highest BCUT2D eigenvalue weighted by Crippen LogP contribution is 2.13. The molecule has 0 aliphatic heterocycles. The van der Waals surface area contributed by atoms with Crippen LogP contribution in [0.15, 0.2) is 30.3 Å². The Morgan fingerprint density at radius 1 is 1.27 bits per heavy atom. The quantitative estimate of drug-likeness (QED) is 0.699. The van der Waals surface area contributed by atoms with Crippen LogP contribution in [0, 0.1) is 6.92 Å². The third-order valence-corrected chi connectivity index (χ3v) is 1.74. The molecule has 1 nitrogen and oxygen atoms in total. The number of rotatable bonds is 3. The molecule has 0 saturated carbocycles. The molecule has 1 rings (SSSR count). The molecule has 1 aromatic rings. The van der Waals surface area contributed by atoms with E-state index in [1.807, 2.05) is 18.2 Å². The standard InChI is InChI=1S/C10H14N/c1-2-6-10(11)9-7-4-3-5-8-9/h3-5,7-8,10H,1-2,6,11H2. The van der Waals surface area contributed by atoms with E-state index in [4.69, 9.17) is 5.73 Å². The summed E-state index contributed by atoms with van der Waals surface area (Å²) < 4.78 is 0. The van der Waals surface area contributed by atoms with E-state index in [0.29, 0.717) is 0 Å². The predicted octanol–water partition coefficient (Wildman–Crippen LogP) is 2.30. The second-order valence-electron chi connectivity index (χ2n) is 2.66. The third-order valence-electron chi connectivity index (χ3n) is 1.74. The Labute approximate surface area is 68.2 Å². The normalized spacial score (nSPS) is 12.9. The van der Waals surface area contributed by atoms with E-state index in [2.05, 4.69) is 19.1 Å². The molecule has 0 aliphatic carbocycles. The maximum absolute atomic E-state index is 5.87. The fourth-order valence-electron chi connectivity index (χ4n) is 1.09. The lowest BCUT2D eigenvalue weighted by molar-refractivity contribution is 0.660. The van der Waals surface area contributed by atoms with E-state index in [0.717, 1.165) is 12.8 Å². The van der Waals surface area contributed by atoms with Crippen LogP contribution in [0.1, 0.15) is 24.4 Å². The molecule has 1 radical (unpaired) electrons. The van der Waals surface area contributed by atoms with Crippen molar-refractivity contribution in [2.24, 2.45) is 5.73 Å². The van der Waals surface area contributed by atoms with Gasteiger partial charge in [0.15, 0.2) is 0 Å². The van der Waals surface area contributed by atoms with Crippen LogP contribution in [0.2, 0.25) is 0 Å². The molecule has 0 aromatic heterocycles. The van der Waals surface area contributed by atoms with Crippen molar-refractivity contribution in [1.82, 2.24) is 0 Å². The fraction of sp³-hybridized carbons (Fsp3) is 0.300. The Hall–Kier alpha value is -0.820. The summed E-state index contributed by atoms with van der Waals surface area (Å²) in [6.07, 6.45) is 1.86. The molecule has 11 heavy (non-hydrogen) atoms. The molecule has 1 heteroatoms. The average Bonchev–Trinajstić information content (AvgIpc) is 2.07. The lowest BCUT2D eigenvalue weighted by atomic mass is 10.0. The van der Waals surface area contributed by atoms with Gasteiger partial charge < -0.3 is 5.73 Å². The van der Waals surface area contributed by atoms with Crippen LogP contribution in [0.5, 0.6) is 0 Å². The lowest BCUT2D eigenvalue weighted by Gasteiger charge is -2.09. The second kappa shape index (κ2) is 4.14. The molecular formula is C10H14N. The van der Waals surface area contributed by atoms with Crippen molar-refractivity contribution >= 4 is 0 Å². The smallest absolute Gasteiger partial charge is 0.0294 e. The van der Waals surface area contributed by atoms with Crippen molar-refractivity contribution < 1.29 is 0 Å². The van der Waals surface area contributed by atoms with Crippen LogP contribution < -0.4 is 5.73 Å². The van der Waals surface area contributed by atoms with Gasteiger partial charge in [-0.3, -0.25) is 0 Å². The van der Waals surface area contributed by atoms with Crippen LogP contribution in [-0.4, -0.2) is 0 Å². The van der Waals surface area contributed by atoms with Gasteiger partial charge in [0.05, 0.1) is 0 Å². The molecule has 2 N–H and O–H groups in total. The maximum atomic E-state index is 5.87. The minimum Gasteiger partial charge on any atom is -0.324 e. The van der Waals surface area contributed by atoms with Gasteiger partial charge in [-0.15, -0.1) is 0 Å². The van der Waals surface area contributed by atoms with Crippen molar-refractivity contribution in [3.05, 3.63) is 42.8 Å².